The second kappa shape index (κ2) is 9.18. The third kappa shape index (κ3) is 4.23. The zero-order valence-electron chi connectivity index (χ0n) is 20.3. The number of aromatic carboxylic acids is 1. The van der Waals surface area contributed by atoms with Crippen LogP contribution in [0.5, 0.6) is 5.75 Å². The van der Waals surface area contributed by atoms with Crippen molar-refractivity contribution in [3.8, 4) is 5.75 Å². The predicted octanol–water partition coefficient (Wildman–Crippen LogP) is 5.86. The number of carboxylic acid groups (broad SMARTS) is 1. The monoisotopic (exact) mass is 495 g/mol. The molecule has 0 bridgehead atoms. The zero-order chi connectivity index (χ0) is 24.8. The van der Waals surface area contributed by atoms with E-state index in [9.17, 15) is 15.0 Å². The van der Waals surface area contributed by atoms with Crippen LogP contribution in [0.4, 0.5) is 5.69 Å². The number of fused-ring (bicyclic) bond motifs is 3. The maximum Gasteiger partial charge on any atom is 0.335 e. The molecule has 4 atom stereocenters. The van der Waals surface area contributed by atoms with Gasteiger partial charge in [0.1, 0.15) is 5.75 Å². The summed E-state index contributed by atoms with van der Waals surface area (Å²) in [6, 6.07) is 11.4. The van der Waals surface area contributed by atoms with Crippen LogP contribution in [0, 0.1) is 11.3 Å². The normalized spacial score (nSPS) is 28.2. The van der Waals surface area contributed by atoms with Gasteiger partial charge in [-0.3, -0.25) is 0 Å². The molecule has 5 nitrogen and oxygen atoms in total. The number of halogens is 1. The minimum atomic E-state index is -0.945. The molecule has 2 aromatic rings. The summed E-state index contributed by atoms with van der Waals surface area (Å²) in [6.45, 7) is 8.01. The number of carbonyl (C=O) groups is 1. The van der Waals surface area contributed by atoms with Crippen molar-refractivity contribution >= 4 is 23.3 Å². The van der Waals surface area contributed by atoms with Crippen molar-refractivity contribution in [3.63, 3.8) is 0 Å². The lowest BCUT2D eigenvalue weighted by Gasteiger charge is -2.52. The second-order valence-corrected chi connectivity index (χ2v) is 11.3. The standard InChI is InChI=1S/C29H34ClNO4/c1-3-5-26(32)28(2)13-11-21(28)16-31-17-29(12-4-6-19-14-22(30)8-9-23(19)29)18-35-25-10-7-20(27(33)34)15-24(25)31/h3,7-10,14-15,21,26,32H,1,4-6,11-13,16-18H2,2H3,(H,33,34)/t21-,26+,28-,29-/m0/s1. The third-order valence-electron chi connectivity index (χ3n) is 8.84. The fourth-order valence-electron chi connectivity index (χ4n) is 6.48. The van der Waals surface area contributed by atoms with Gasteiger partial charge in [0.2, 0.25) is 0 Å². The Labute approximate surface area is 212 Å². The van der Waals surface area contributed by atoms with Gasteiger partial charge in [-0.25, -0.2) is 4.79 Å². The van der Waals surface area contributed by atoms with Crippen LogP contribution in [0.25, 0.3) is 0 Å². The smallest absolute Gasteiger partial charge is 0.335 e. The van der Waals surface area contributed by atoms with Gasteiger partial charge in [0.05, 0.1) is 24.0 Å². The molecule has 0 unspecified atom stereocenters. The Kier molecular flexibility index (Phi) is 6.35. The Morgan fingerprint density at radius 3 is 2.86 bits per heavy atom. The highest BCUT2D eigenvalue weighted by Crippen LogP contribution is 2.52. The summed E-state index contributed by atoms with van der Waals surface area (Å²) >= 11 is 6.34. The lowest BCUT2D eigenvalue weighted by molar-refractivity contribution is -0.0695. The molecule has 0 amide bonds. The molecular formula is C29H34ClNO4. The van der Waals surface area contributed by atoms with Gasteiger partial charge in [0.25, 0.3) is 0 Å². The van der Waals surface area contributed by atoms with Crippen molar-refractivity contribution in [1.29, 1.82) is 0 Å². The van der Waals surface area contributed by atoms with Crippen LogP contribution in [-0.4, -0.2) is 42.0 Å². The largest absolute Gasteiger partial charge is 0.490 e. The molecule has 1 fully saturated rings. The Morgan fingerprint density at radius 2 is 2.14 bits per heavy atom. The molecule has 3 aliphatic rings. The number of nitrogens with zero attached hydrogens (tertiary/aromatic N) is 1. The van der Waals surface area contributed by atoms with Gasteiger partial charge in [-0.2, -0.15) is 0 Å². The highest BCUT2D eigenvalue weighted by Gasteiger charge is 2.49. The van der Waals surface area contributed by atoms with E-state index in [2.05, 4.69) is 30.5 Å². The molecule has 0 aromatic heterocycles. The van der Waals surface area contributed by atoms with Gasteiger partial charge in [-0.15, -0.1) is 6.58 Å². The number of anilines is 1. The van der Waals surface area contributed by atoms with Crippen molar-refractivity contribution < 1.29 is 19.7 Å². The summed E-state index contributed by atoms with van der Waals surface area (Å²) in [5.41, 5.74) is 3.26. The summed E-state index contributed by atoms with van der Waals surface area (Å²) < 4.78 is 6.43. The highest BCUT2D eigenvalue weighted by molar-refractivity contribution is 6.30. The van der Waals surface area contributed by atoms with E-state index in [0.29, 0.717) is 18.9 Å². The molecule has 0 saturated heterocycles. The minimum Gasteiger partial charge on any atom is -0.490 e. The lowest BCUT2D eigenvalue weighted by atomic mass is 9.57. The number of rotatable bonds is 6. The molecular weight excluding hydrogens is 462 g/mol. The summed E-state index contributed by atoms with van der Waals surface area (Å²) in [5, 5.41) is 21.3. The first-order valence-corrected chi connectivity index (χ1v) is 13.0. The second-order valence-electron chi connectivity index (χ2n) is 10.9. The van der Waals surface area contributed by atoms with Gasteiger partial charge in [0, 0.05) is 23.5 Å². The van der Waals surface area contributed by atoms with Crippen molar-refractivity contribution in [1.82, 2.24) is 0 Å². The third-order valence-corrected chi connectivity index (χ3v) is 9.08. The summed E-state index contributed by atoms with van der Waals surface area (Å²) in [6.07, 6.45) is 7.01. The number of aryl methyl sites for hydroxylation is 1. The van der Waals surface area contributed by atoms with Crippen molar-refractivity contribution in [2.45, 2.75) is 57.0 Å². The molecule has 5 rings (SSSR count). The zero-order valence-corrected chi connectivity index (χ0v) is 21.1. The van der Waals surface area contributed by atoms with E-state index in [1.54, 1.807) is 24.3 Å². The molecule has 1 spiro atoms. The quantitative estimate of drug-likeness (QED) is 0.491. The molecule has 1 saturated carbocycles. The average Bonchev–Trinajstić information content (AvgIpc) is 2.98. The first-order valence-electron chi connectivity index (χ1n) is 12.6. The van der Waals surface area contributed by atoms with Gasteiger partial charge < -0.3 is 19.8 Å². The number of hydrogen-bond acceptors (Lipinski definition) is 4. The van der Waals surface area contributed by atoms with Gasteiger partial charge in [-0.05, 0) is 91.3 Å². The van der Waals surface area contributed by atoms with Crippen LogP contribution in [0.15, 0.2) is 49.1 Å². The minimum absolute atomic E-state index is 0.183. The van der Waals surface area contributed by atoms with Crippen molar-refractivity contribution in [3.05, 3.63) is 70.8 Å². The molecule has 2 aromatic carbocycles. The fraction of sp³-hybridized carbons (Fsp3) is 0.483. The van der Waals surface area contributed by atoms with E-state index < -0.39 is 12.1 Å². The van der Waals surface area contributed by atoms with E-state index in [-0.39, 0.29) is 16.4 Å². The number of carboxylic acids is 1. The van der Waals surface area contributed by atoms with Crippen molar-refractivity contribution in [2.24, 2.45) is 11.3 Å². The van der Waals surface area contributed by atoms with Crippen molar-refractivity contribution in [2.75, 3.05) is 24.6 Å². The van der Waals surface area contributed by atoms with E-state index in [4.69, 9.17) is 16.3 Å². The van der Waals surface area contributed by atoms with Crippen LogP contribution < -0.4 is 9.64 Å². The van der Waals surface area contributed by atoms with E-state index in [1.807, 2.05) is 6.07 Å². The van der Waals surface area contributed by atoms with Gasteiger partial charge in [0.15, 0.2) is 0 Å². The first-order chi connectivity index (χ1) is 16.8. The topological polar surface area (TPSA) is 70.0 Å². The molecule has 186 valence electrons. The number of aliphatic hydroxyl groups excluding tert-OH is 1. The summed E-state index contributed by atoms with van der Waals surface area (Å²) in [5.74, 6) is 0.0714. The van der Waals surface area contributed by atoms with Crippen LogP contribution in [0.1, 0.15) is 60.5 Å². The van der Waals surface area contributed by atoms with Crippen LogP contribution in [0.3, 0.4) is 0 Å². The molecule has 2 N–H and O–H groups in total. The molecule has 0 radical (unpaired) electrons. The molecule has 1 heterocycles. The lowest BCUT2D eigenvalue weighted by Crippen LogP contribution is -2.53. The number of hydrogen-bond donors (Lipinski definition) is 2. The number of aliphatic hydroxyl groups is 1. The maximum atomic E-state index is 11.8. The average molecular weight is 496 g/mol. The van der Waals surface area contributed by atoms with E-state index in [0.717, 1.165) is 61.7 Å². The SMILES string of the molecule is C=CC[C@@H](O)[C@@]1(C)CC[C@H]1CN1C[C@@]2(CCCc3cc(Cl)ccc32)COc2ccc(C(=O)O)cc21. The summed E-state index contributed by atoms with van der Waals surface area (Å²) in [4.78, 5) is 14.1. The Bertz CT molecular complexity index is 1150. The van der Waals surface area contributed by atoms with E-state index >= 15 is 0 Å². The Morgan fingerprint density at radius 1 is 1.31 bits per heavy atom. The number of ether oxygens (including phenoxy) is 1. The Hall–Kier alpha value is -2.50. The fourth-order valence-corrected chi connectivity index (χ4v) is 6.68. The van der Waals surface area contributed by atoms with Crippen LogP contribution in [0.2, 0.25) is 5.02 Å². The first kappa shape index (κ1) is 24.2. The Balaban J connectivity index is 1.55. The van der Waals surface area contributed by atoms with Gasteiger partial charge >= 0.3 is 5.97 Å². The van der Waals surface area contributed by atoms with E-state index in [1.165, 1.54) is 11.1 Å². The summed E-state index contributed by atoms with van der Waals surface area (Å²) in [7, 11) is 0. The predicted molar refractivity (Wildman–Crippen MR) is 139 cm³/mol. The number of benzene rings is 2. The molecule has 2 aliphatic carbocycles. The van der Waals surface area contributed by atoms with Crippen LogP contribution >= 0.6 is 11.6 Å². The maximum absolute atomic E-state index is 11.8. The molecule has 35 heavy (non-hydrogen) atoms. The molecule has 6 heteroatoms. The molecule has 1 aliphatic heterocycles. The van der Waals surface area contributed by atoms with Crippen LogP contribution in [-0.2, 0) is 11.8 Å². The highest BCUT2D eigenvalue weighted by atomic mass is 35.5. The van der Waals surface area contributed by atoms with Gasteiger partial charge in [-0.1, -0.05) is 30.7 Å².